The van der Waals surface area contributed by atoms with Gasteiger partial charge in [-0.25, -0.2) is 4.39 Å². The predicted octanol–water partition coefficient (Wildman–Crippen LogP) is 5.76. The standard InChI is InChI=1S/C17H7Br2FO2/c18-9-1-3-11-8(5-9)6-13-16(21)12-7-10(19)2-4-14(12)22-17(13)15(11)20/h1-7H. The zero-order chi connectivity index (χ0) is 15.4. The van der Waals surface area contributed by atoms with Gasteiger partial charge in [0.25, 0.3) is 0 Å². The second kappa shape index (κ2) is 4.89. The number of hydrogen-bond donors (Lipinski definition) is 0. The molecule has 1 aromatic heterocycles. The van der Waals surface area contributed by atoms with Crippen molar-refractivity contribution in [2.45, 2.75) is 0 Å². The molecule has 0 atom stereocenters. The zero-order valence-electron chi connectivity index (χ0n) is 11.0. The highest BCUT2D eigenvalue weighted by molar-refractivity contribution is 9.10. The fourth-order valence-electron chi connectivity index (χ4n) is 2.61. The van der Waals surface area contributed by atoms with Crippen LogP contribution in [0.2, 0.25) is 0 Å². The number of benzene rings is 3. The normalized spacial score (nSPS) is 11.6. The molecule has 4 aromatic rings. The van der Waals surface area contributed by atoms with Crippen molar-refractivity contribution in [2.24, 2.45) is 0 Å². The highest BCUT2D eigenvalue weighted by Crippen LogP contribution is 2.30. The van der Waals surface area contributed by atoms with E-state index in [0.29, 0.717) is 21.7 Å². The van der Waals surface area contributed by atoms with Gasteiger partial charge in [-0.1, -0.05) is 37.9 Å². The molecule has 2 nitrogen and oxygen atoms in total. The lowest BCUT2D eigenvalue weighted by Crippen LogP contribution is -2.03. The Morgan fingerprint density at radius 2 is 1.59 bits per heavy atom. The van der Waals surface area contributed by atoms with Crippen molar-refractivity contribution < 1.29 is 8.81 Å². The van der Waals surface area contributed by atoms with Crippen LogP contribution in [-0.2, 0) is 0 Å². The van der Waals surface area contributed by atoms with Gasteiger partial charge < -0.3 is 4.42 Å². The summed E-state index contributed by atoms with van der Waals surface area (Å²) in [6.07, 6.45) is 0. The third-order valence-corrected chi connectivity index (χ3v) is 4.62. The fraction of sp³-hybridized carbons (Fsp3) is 0. The van der Waals surface area contributed by atoms with Gasteiger partial charge in [0, 0.05) is 14.3 Å². The first-order chi connectivity index (χ1) is 10.5. The SMILES string of the molecule is O=c1c2cc(Br)ccc2oc2c(F)c3ccc(Br)cc3cc12. The number of halogens is 3. The summed E-state index contributed by atoms with van der Waals surface area (Å²) in [7, 11) is 0. The van der Waals surface area contributed by atoms with E-state index in [-0.39, 0.29) is 16.4 Å². The van der Waals surface area contributed by atoms with Gasteiger partial charge in [-0.2, -0.15) is 0 Å². The molecular formula is C17H7Br2FO2. The summed E-state index contributed by atoms with van der Waals surface area (Å²) < 4.78 is 22.0. The van der Waals surface area contributed by atoms with Gasteiger partial charge in [0.15, 0.2) is 11.4 Å². The Labute approximate surface area is 140 Å². The van der Waals surface area contributed by atoms with Gasteiger partial charge in [-0.3, -0.25) is 4.79 Å². The molecule has 0 N–H and O–H groups in total. The van der Waals surface area contributed by atoms with E-state index in [9.17, 15) is 9.18 Å². The molecule has 0 fully saturated rings. The van der Waals surface area contributed by atoms with Crippen molar-refractivity contribution in [2.75, 3.05) is 0 Å². The van der Waals surface area contributed by atoms with Gasteiger partial charge in [0.2, 0.25) is 5.43 Å². The maximum absolute atomic E-state index is 14.7. The van der Waals surface area contributed by atoms with E-state index in [1.165, 1.54) is 0 Å². The highest BCUT2D eigenvalue weighted by atomic mass is 79.9. The smallest absolute Gasteiger partial charge is 0.200 e. The first-order valence-corrected chi connectivity index (χ1v) is 8.07. The highest BCUT2D eigenvalue weighted by Gasteiger charge is 2.15. The Morgan fingerprint density at radius 1 is 0.864 bits per heavy atom. The predicted molar refractivity (Wildman–Crippen MR) is 92.9 cm³/mol. The van der Waals surface area contributed by atoms with Crippen LogP contribution in [-0.4, -0.2) is 0 Å². The Kier molecular flexibility index (Phi) is 3.09. The topological polar surface area (TPSA) is 30.2 Å². The first-order valence-electron chi connectivity index (χ1n) is 6.48. The minimum absolute atomic E-state index is 0.00496. The van der Waals surface area contributed by atoms with Crippen molar-refractivity contribution in [3.63, 3.8) is 0 Å². The van der Waals surface area contributed by atoms with Crippen LogP contribution in [0.4, 0.5) is 4.39 Å². The van der Waals surface area contributed by atoms with Crippen molar-refractivity contribution in [3.05, 3.63) is 67.5 Å². The van der Waals surface area contributed by atoms with Gasteiger partial charge >= 0.3 is 0 Å². The van der Waals surface area contributed by atoms with Crippen LogP contribution in [0.5, 0.6) is 0 Å². The largest absolute Gasteiger partial charge is 0.453 e. The lowest BCUT2D eigenvalue weighted by molar-refractivity contribution is 0.587. The van der Waals surface area contributed by atoms with Crippen molar-refractivity contribution in [3.8, 4) is 0 Å². The van der Waals surface area contributed by atoms with E-state index < -0.39 is 5.82 Å². The summed E-state index contributed by atoms with van der Waals surface area (Å²) in [5, 5.41) is 1.75. The Bertz CT molecular complexity index is 1130. The summed E-state index contributed by atoms with van der Waals surface area (Å²) >= 11 is 6.69. The average molecular weight is 422 g/mol. The molecule has 4 rings (SSSR count). The Morgan fingerprint density at radius 3 is 2.41 bits per heavy atom. The van der Waals surface area contributed by atoms with Crippen LogP contribution >= 0.6 is 31.9 Å². The quantitative estimate of drug-likeness (QED) is 0.337. The average Bonchev–Trinajstić information content (AvgIpc) is 2.49. The fourth-order valence-corrected chi connectivity index (χ4v) is 3.35. The summed E-state index contributed by atoms with van der Waals surface area (Å²) in [6, 6.07) is 12.0. The van der Waals surface area contributed by atoms with E-state index in [0.717, 1.165) is 8.95 Å². The summed E-state index contributed by atoms with van der Waals surface area (Å²) in [6.45, 7) is 0. The molecule has 0 unspecified atom stereocenters. The van der Waals surface area contributed by atoms with Crippen molar-refractivity contribution in [1.82, 2.24) is 0 Å². The van der Waals surface area contributed by atoms with Crippen LogP contribution < -0.4 is 5.43 Å². The van der Waals surface area contributed by atoms with Crippen molar-refractivity contribution >= 4 is 64.6 Å². The molecule has 0 aliphatic heterocycles. The maximum atomic E-state index is 14.7. The van der Waals surface area contributed by atoms with Gasteiger partial charge in [-0.05, 0) is 41.8 Å². The summed E-state index contributed by atoms with van der Waals surface area (Å²) in [4.78, 5) is 12.7. The third-order valence-electron chi connectivity index (χ3n) is 3.64. The molecule has 0 saturated heterocycles. The lowest BCUT2D eigenvalue weighted by Gasteiger charge is -2.06. The third kappa shape index (κ3) is 2.00. The van der Waals surface area contributed by atoms with Crippen LogP contribution in [0.1, 0.15) is 0 Å². The first kappa shape index (κ1) is 13.9. The molecule has 0 saturated carbocycles. The lowest BCUT2D eigenvalue weighted by atomic mass is 10.1. The Hall–Kier alpha value is -1.72. The minimum Gasteiger partial charge on any atom is -0.453 e. The molecule has 108 valence electrons. The molecule has 0 radical (unpaired) electrons. The minimum atomic E-state index is -0.512. The number of fused-ring (bicyclic) bond motifs is 3. The zero-order valence-corrected chi connectivity index (χ0v) is 14.2. The monoisotopic (exact) mass is 420 g/mol. The van der Waals surface area contributed by atoms with Crippen LogP contribution in [0.25, 0.3) is 32.7 Å². The molecule has 0 aliphatic rings. The van der Waals surface area contributed by atoms with E-state index in [2.05, 4.69) is 31.9 Å². The van der Waals surface area contributed by atoms with Gasteiger partial charge in [0.1, 0.15) is 5.58 Å². The second-order valence-corrected chi connectivity index (χ2v) is 6.84. The molecule has 0 bridgehead atoms. The van der Waals surface area contributed by atoms with E-state index in [1.54, 1.807) is 42.5 Å². The van der Waals surface area contributed by atoms with E-state index in [4.69, 9.17) is 4.42 Å². The molecule has 1 heterocycles. The van der Waals surface area contributed by atoms with Gasteiger partial charge in [0.05, 0.1) is 10.8 Å². The molecule has 0 spiro atoms. The number of rotatable bonds is 0. The second-order valence-electron chi connectivity index (χ2n) is 5.00. The van der Waals surface area contributed by atoms with Crippen molar-refractivity contribution in [1.29, 1.82) is 0 Å². The van der Waals surface area contributed by atoms with E-state index >= 15 is 0 Å². The molecule has 0 aliphatic carbocycles. The summed E-state index contributed by atoms with van der Waals surface area (Å²) in [5.41, 5.74) is 0.129. The van der Waals surface area contributed by atoms with Crippen LogP contribution in [0.15, 0.2) is 60.6 Å². The molecule has 22 heavy (non-hydrogen) atoms. The van der Waals surface area contributed by atoms with Gasteiger partial charge in [-0.15, -0.1) is 0 Å². The summed E-state index contributed by atoms with van der Waals surface area (Å²) in [5.74, 6) is -0.512. The molecule has 0 amide bonds. The van der Waals surface area contributed by atoms with E-state index in [1.807, 2.05) is 0 Å². The van der Waals surface area contributed by atoms with Crippen LogP contribution in [0, 0.1) is 5.82 Å². The molecule has 5 heteroatoms. The molecular weight excluding hydrogens is 415 g/mol. The Balaban J connectivity index is 2.28. The maximum Gasteiger partial charge on any atom is 0.200 e. The molecule has 3 aromatic carbocycles. The number of hydrogen-bond acceptors (Lipinski definition) is 2. The van der Waals surface area contributed by atoms with Crippen LogP contribution in [0.3, 0.4) is 0 Å².